The van der Waals surface area contributed by atoms with Crippen LogP contribution in [0.15, 0.2) is 24.3 Å². The lowest BCUT2D eigenvalue weighted by Gasteiger charge is -1.99. The van der Waals surface area contributed by atoms with Gasteiger partial charge in [-0.25, -0.2) is 4.79 Å². The van der Waals surface area contributed by atoms with Crippen LogP contribution in [0.2, 0.25) is 0 Å². The second kappa shape index (κ2) is 4.23. The van der Waals surface area contributed by atoms with Gasteiger partial charge in [-0.2, -0.15) is 0 Å². The highest BCUT2D eigenvalue weighted by Gasteiger charge is 2.14. The Bertz CT molecular complexity index is 438. The van der Waals surface area contributed by atoms with Gasteiger partial charge in [0.1, 0.15) is 5.75 Å². The first-order valence-corrected chi connectivity index (χ1v) is 3.89. The minimum absolute atomic E-state index is 0.120. The number of hydrogen-bond acceptors (Lipinski definition) is 4. The molecule has 6 nitrogen and oxygen atoms in total. The van der Waals surface area contributed by atoms with Crippen LogP contribution in [0.3, 0.4) is 0 Å². The fraction of sp³-hybridized carbons (Fsp3) is 0. The molecule has 0 atom stereocenters. The number of carboxylic acids is 1. The Morgan fingerprint density at radius 1 is 1.47 bits per heavy atom. The molecule has 1 aromatic carbocycles. The molecule has 0 aliphatic rings. The number of aliphatic carboxylic acids is 1. The summed E-state index contributed by atoms with van der Waals surface area (Å²) in [5, 5.41) is 28.2. The Hall–Kier alpha value is -2.37. The Balaban J connectivity index is 3.25. The largest absolute Gasteiger partial charge is 0.507 e. The van der Waals surface area contributed by atoms with E-state index in [-0.39, 0.29) is 17.0 Å². The van der Waals surface area contributed by atoms with Crippen LogP contribution in [-0.4, -0.2) is 21.1 Å². The van der Waals surface area contributed by atoms with Gasteiger partial charge in [-0.3, -0.25) is 10.1 Å². The number of phenols is 1. The molecule has 1 aromatic rings. The van der Waals surface area contributed by atoms with Crippen LogP contribution in [0.25, 0.3) is 6.08 Å². The maximum absolute atomic E-state index is 10.5. The van der Waals surface area contributed by atoms with E-state index in [0.29, 0.717) is 0 Å². The Morgan fingerprint density at radius 2 is 2.13 bits per heavy atom. The molecule has 0 bridgehead atoms. The van der Waals surface area contributed by atoms with Crippen molar-refractivity contribution in [2.24, 2.45) is 0 Å². The van der Waals surface area contributed by atoms with Gasteiger partial charge < -0.3 is 10.2 Å². The second-order valence-corrected chi connectivity index (χ2v) is 2.64. The van der Waals surface area contributed by atoms with Gasteiger partial charge in [0.25, 0.3) is 5.69 Å². The third-order valence-corrected chi connectivity index (χ3v) is 1.65. The van der Waals surface area contributed by atoms with Crippen molar-refractivity contribution in [1.29, 1.82) is 0 Å². The molecule has 2 N–H and O–H groups in total. The molecule has 0 amide bonds. The van der Waals surface area contributed by atoms with Gasteiger partial charge in [-0.05, 0) is 12.1 Å². The highest BCUT2D eigenvalue weighted by molar-refractivity contribution is 5.87. The number of nitro groups is 1. The molecule has 0 spiro atoms. The van der Waals surface area contributed by atoms with Gasteiger partial charge in [0, 0.05) is 12.1 Å². The summed E-state index contributed by atoms with van der Waals surface area (Å²) in [5.74, 6) is -1.57. The number of phenolic OH excluding ortho intramolecular Hbond substituents is 1. The van der Waals surface area contributed by atoms with Crippen LogP contribution in [0.5, 0.6) is 5.75 Å². The second-order valence-electron chi connectivity index (χ2n) is 2.64. The van der Waals surface area contributed by atoms with Gasteiger partial charge in [-0.15, -0.1) is 0 Å². The highest BCUT2D eigenvalue weighted by Crippen LogP contribution is 2.28. The first-order valence-electron chi connectivity index (χ1n) is 3.89. The van der Waals surface area contributed by atoms with Crippen LogP contribution in [0, 0.1) is 10.1 Å². The molecule has 6 heteroatoms. The van der Waals surface area contributed by atoms with Crippen LogP contribution < -0.4 is 0 Å². The topological polar surface area (TPSA) is 101 Å². The lowest BCUT2D eigenvalue weighted by atomic mass is 10.1. The van der Waals surface area contributed by atoms with Crippen molar-refractivity contribution in [3.05, 3.63) is 40.0 Å². The Labute approximate surface area is 84.2 Å². The number of hydrogen-bond donors (Lipinski definition) is 2. The molecular weight excluding hydrogens is 202 g/mol. The fourth-order valence-corrected chi connectivity index (χ4v) is 1.03. The summed E-state index contributed by atoms with van der Waals surface area (Å²) in [7, 11) is 0. The lowest BCUT2D eigenvalue weighted by molar-refractivity contribution is -0.385. The minimum Gasteiger partial charge on any atom is -0.507 e. The number of nitrogens with zero attached hydrogens (tertiary/aromatic N) is 1. The molecule has 0 heterocycles. The van der Waals surface area contributed by atoms with E-state index in [2.05, 4.69) is 0 Å². The van der Waals surface area contributed by atoms with E-state index in [9.17, 15) is 20.0 Å². The number of carbonyl (C=O) groups is 1. The number of nitro benzene ring substituents is 1. The highest BCUT2D eigenvalue weighted by atomic mass is 16.6. The van der Waals surface area contributed by atoms with E-state index >= 15 is 0 Å². The molecule has 0 aromatic heterocycles. The molecule has 0 fully saturated rings. The summed E-state index contributed by atoms with van der Waals surface area (Å²) < 4.78 is 0. The third kappa shape index (κ3) is 2.53. The maximum Gasteiger partial charge on any atom is 0.328 e. The van der Waals surface area contributed by atoms with Crippen molar-refractivity contribution in [3.8, 4) is 5.75 Å². The average molecular weight is 209 g/mol. The van der Waals surface area contributed by atoms with Crippen molar-refractivity contribution in [2.75, 3.05) is 0 Å². The summed E-state index contributed by atoms with van der Waals surface area (Å²) in [6, 6.07) is 3.74. The molecule has 0 aliphatic heterocycles. The van der Waals surface area contributed by atoms with Crippen LogP contribution >= 0.6 is 0 Å². The monoisotopic (exact) mass is 209 g/mol. The summed E-state index contributed by atoms with van der Waals surface area (Å²) in [4.78, 5) is 20.1. The molecule has 0 saturated carbocycles. The van der Waals surface area contributed by atoms with Crippen molar-refractivity contribution >= 4 is 17.7 Å². The van der Waals surface area contributed by atoms with Crippen molar-refractivity contribution in [3.63, 3.8) is 0 Å². The summed E-state index contributed by atoms with van der Waals surface area (Å²) in [5.41, 5.74) is -0.461. The van der Waals surface area contributed by atoms with Crippen molar-refractivity contribution in [2.45, 2.75) is 0 Å². The van der Waals surface area contributed by atoms with E-state index in [1.54, 1.807) is 0 Å². The lowest BCUT2D eigenvalue weighted by Crippen LogP contribution is -1.92. The number of benzene rings is 1. The first kappa shape index (κ1) is 10.7. The zero-order valence-electron chi connectivity index (χ0n) is 7.45. The molecule has 0 unspecified atom stereocenters. The van der Waals surface area contributed by atoms with Gasteiger partial charge >= 0.3 is 5.97 Å². The normalized spacial score (nSPS) is 10.4. The molecule has 0 aliphatic carbocycles. The predicted octanol–water partition coefficient (Wildman–Crippen LogP) is 1.40. The number of rotatable bonds is 3. The Morgan fingerprint density at radius 3 is 2.67 bits per heavy atom. The van der Waals surface area contributed by atoms with Gasteiger partial charge in [0.15, 0.2) is 0 Å². The first-order chi connectivity index (χ1) is 7.02. The van der Waals surface area contributed by atoms with Crippen LogP contribution in [0.4, 0.5) is 5.69 Å². The molecule has 15 heavy (non-hydrogen) atoms. The SMILES string of the molecule is O=C(O)C=Cc1c(O)cccc1[N+](=O)[O-]. The zero-order valence-corrected chi connectivity index (χ0v) is 7.45. The van der Waals surface area contributed by atoms with E-state index in [1.807, 2.05) is 0 Å². The molecule has 78 valence electrons. The quantitative estimate of drug-likeness (QED) is 0.445. The predicted molar refractivity (Wildman–Crippen MR) is 51.4 cm³/mol. The van der Waals surface area contributed by atoms with Crippen molar-refractivity contribution < 1.29 is 19.9 Å². The molecule has 0 radical (unpaired) electrons. The maximum atomic E-state index is 10.5. The van der Waals surface area contributed by atoms with Gasteiger partial charge in [-0.1, -0.05) is 6.07 Å². The van der Waals surface area contributed by atoms with Crippen LogP contribution in [-0.2, 0) is 4.79 Å². The molecule has 0 saturated heterocycles. The molecular formula is C9H7NO5. The Kier molecular flexibility index (Phi) is 3.02. The molecule has 1 rings (SSSR count). The average Bonchev–Trinajstić information content (AvgIpc) is 2.15. The standard InChI is InChI=1S/C9H7NO5/c11-8-3-1-2-7(10(14)15)6(8)4-5-9(12)13/h1-5,11H,(H,12,13). The van der Waals surface area contributed by atoms with Crippen molar-refractivity contribution in [1.82, 2.24) is 0 Å². The summed E-state index contributed by atoms with van der Waals surface area (Å²) in [6.07, 6.45) is 1.71. The summed E-state index contributed by atoms with van der Waals surface area (Å²) >= 11 is 0. The summed E-state index contributed by atoms with van der Waals surface area (Å²) in [6.45, 7) is 0. The van der Waals surface area contributed by atoms with E-state index < -0.39 is 10.9 Å². The third-order valence-electron chi connectivity index (χ3n) is 1.65. The van der Waals surface area contributed by atoms with Crippen LogP contribution in [0.1, 0.15) is 5.56 Å². The van der Waals surface area contributed by atoms with E-state index in [4.69, 9.17) is 5.11 Å². The van der Waals surface area contributed by atoms with E-state index in [1.165, 1.54) is 18.2 Å². The van der Waals surface area contributed by atoms with E-state index in [0.717, 1.165) is 12.2 Å². The van der Waals surface area contributed by atoms with Gasteiger partial charge in [0.05, 0.1) is 10.5 Å². The van der Waals surface area contributed by atoms with Gasteiger partial charge in [0.2, 0.25) is 0 Å². The minimum atomic E-state index is -1.24. The number of carboxylic acid groups (broad SMARTS) is 1. The zero-order chi connectivity index (χ0) is 11.4. The number of aromatic hydroxyl groups is 1. The fourth-order valence-electron chi connectivity index (χ4n) is 1.03. The smallest absolute Gasteiger partial charge is 0.328 e.